The van der Waals surface area contributed by atoms with Gasteiger partial charge in [0.1, 0.15) is 0 Å². The second kappa shape index (κ2) is 4.25. The average Bonchev–Trinajstić information content (AvgIpc) is 2.73. The lowest BCUT2D eigenvalue weighted by Gasteiger charge is -2.29. The average molecular weight is 222 g/mol. The standard InChI is InChI=1S/C11H18N4O/c1-7(2)15(3)11(16)9-4-8-10(5-12-9)14-6-13-8/h6-7,9,12H,4-5H2,1-3H3,(H,13,14). The molecule has 1 unspecified atom stereocenters. The smallest absolute Gasteiger partial charge is 0.240 e. The number of likely N-dealkylation sites (N-methyl/N-ethyl adjacent to an activating group) is 1. The maximum atomic E-state index is 12.1. The van der Waals surface area contributed by atoms with E-state index in [9.17, 15) is 4.79 Å². The monoisotopic (exact) mass is 222 g/mol. The van der Waals surface area contributed by atoms with Crippen LogP contribution in [0.2, 0.25) is 0 Å². The fourth-order valence-corrected chi connectivity index (χ4v) is 1.84. The number of fused-ring (bicyclic) bond motifs is 1. The number of H-pyrrole nitrogens is 1. The summed E-state index contributed by atoms with van der Waals surface area (Å²) in [6.07, 6.45) is 2.36. The zero-order chi connectivity index (χ0) is 11.7. The van der Waals surface area contributed by atoms with E-state index in [0.29, 0.717) is 13.0 Å². The number of aromatic amines is 1. The molecule has 0 bridgehead atoms. The molecular weight excluding hydrogens is 204 g/mol. The number of hydrogen-bond donors (Lipinski definition) is 2. The number of imidazole rings is 1. The van der Waals surface area contributed by atoms with E-state index >= 15 is 0 Å². The molecule has 0 aliphatic carbocycles. The number of amides is 1. The lowest BCUT2D eigenvalue weighted by Crippen LogP contribution is -2.50. The molecule has 5 heteroatoms. The first-order chi connectivity index (χ1) is 7.59. The number of nitrogens with zero attached hydrogens (tertiary/aromatic N) is 2. The Labute approximate surface area is 95.2 Å². The Hall–Kier alpha value is -1.36. The van der Waals surface area contributed by atoms with Crippen molar-refractivity contribution in [3.8, 4) is 0 Å². The van der Waals surface area contributed by atoms with Gasteiger partial charge in [-0.1, -0.05) is 0 Å². The molecule has 1 aromatic heterocycles. The Balaban J connectivity index is 2.06. The number of carbonyl (C=O) groups excluding carboxylic acids is 1. The van der Waals surface area contributed by atoms with E-state index in [0.717, 1.165) is 11.4 Å². The Morgan fingerprint density at radius 1 is 1.62 bits per heavy atom. The van der Waals surface area contributed by atoms with Crippen LogP contribution in [0.25, 0.3) is 0 Å². The van der Waals surface area contributed by atoms with Crippen LogP contribution in [0.5, 0.6) is 0 Å². The van der Waals surface area contributed by atoms with Gasteiger partial charge in [-0.2, -0.15) is 0 Å². The van der Waals surface area contributed by atoms with Crippen LogP contribution in [0, 0.1) is 0 Å². The first-order valence-corrected chi connectivity index (χ1v) is 5.60. The van der Waals surface area contributed by atoms with Crippen molar-refractivity contribution >= 4 is 5.91 Å². The molecule has 2 heterocycles. The SMILES string of the molecule is CC(C)N(C)C(=O)C1Cc2nc[nH]c2CN1. The molecule has 2 N–H and O–H groups in total. The van der Waals surface area contributed by atoms with Crippen molar-refractivity contribution in [2.24, 2.45) is 0 Å². The number of hydrogen-bond acceptors (Lipinski definition) is 3. The van der Waals surface area contributed by atoms with E-state index in [4.69, 9.17) is 0 Å². The Kier molecular flexibility index (Phi) is 2.96. The van der Waals surface area contributed by atoms with E-state index in [2.05, 4.69) is 15.3 Å². The molecule has 2 rings (SSSR count). The van der Waals surface area contributed by atoms with Crippen LogP contribution in [-0.4, -0.2) is 39.9 Å². The van der Waals surface area contributed by atoms with Crippen LogP contribution in [-0.2, 0) is 17.8 Å². The predicted octanol–water partition coefficient (Wildman–Crippen LogP) is 0.291. The fourth-order valence-electron chi connectivity index (χ4n) is 1.84. The third-order valence-electron chi connectivity index (χ3n) is 3.15. The van der Waals surface area contributed by atoms with E-state index in [1.165, 1.54) is 0 Å². The Bertz CT molecular complexity index is 385. The van der Waals surface area contributed by atoms with Gasteiger partial charge in [0.25, 0.3) is 0 Å². The number of carbonyl (C=O) groups is 1. The first-order valence-electron chi connectivity index (χ1n) is 5.60. The highest BCUT2D eigenvalue weighted by Crippen LogP contribution is 2.14. The Morgan fingerprint density at radius 2 is 2.38 bits per heavy atom. The third kappa shape index (κ3) is 1.95. The third-order valence-corrected chi connectivity index (χ3v) is 3.15. The summed E-state index contributed by atoms with van der Waals surface area (Å²) in [7, 11) is 1.84. The summed E-state index contributed by atoms with van der Waals surface area (Å²) in [5.74, 6) is 0.142. The summed E-state index contributed by atoms with van der Waals surface area (Å²) in [5, 5.41) is 3.23. The normalized spacial score (nSPS) is 19.6. The minimum atomic E-state index is -0.136. The van der Waals surface area contributed by atoms with Crippen LogP contribution >= 0.6 is 0 Å². The second-order valence-electron chi connectivity index (χ2n) is 4.51. The molecule has 0 saturated carbocycles. The minimum absolute atomic E-state index is 0.136. The molecule has 0 fully saturated rings. The lowest BCUT2D eigenvalue weighted by atomic mass is 10.0. The molecule has 16 heavy (non-hydrogen) atoms. The molecule has 0 aromatic carbocycles. The van der Waals surface area contributed by atoms with Crippen molar-refractivity contribution in [3.05, 3.63) is 17.7 Å². The molecule has 1 atom stereocenters. The van der Waals surface area contributed by atoms with Crippen molar-refractivity contribution in [3.63, 3.8) is 0 Å². The van der Waals surface area contributed by atoms with Gasteiger partial charge in [-0.3, -0.25) is 10.1 Å². The summed E-state index contributed by atoms with van der Waals surface area (Å²) in [5.41, 5.74) is 2.10. The highest BCUT2D eigenvalue weighted by Gasteiger charge is 2.28. The summed E-state index contributed by atoms with van der Waals surface area (Å²) >= 11 is 0. The second-order valence-corrected chi connectivity index (χ2v) is 4.51. The zero-order valence-corrected chi connectivity index (χ0v) is 9.95. The van der Waals surface area contributed by atoms with E-state index in [-0.39, 0.29) is 18.0 Å². The molecule has 1 aliphatic heterocycles. The van der Waals surface area contributed by atoms with E-state index < -0.39 is 0 Å². The van der Waals surface area contributed by atoms with E-state index in [1.807, 2.05) is 20.9 Å². The van der Waals surface area contributed by atoms with Gasteiger partial charge in [0.05, 0.1) is 23.8 Å². The van der Waals surface area contributed by atoms with Crippen LogP contribution in [0.4, 0.5) is 0 Å². The van der Waals surface area contributed by atoms with Gasteiger partial charge >= 0.3 is 0 Å². The van der Waals surface area contributed by atoms with Gasteiger partial charge in [0.2, 0.25) is 5.91 Å². The van der Waals surface area contributed by atoms with Crippen LogP contribution in [0.1, 0.15) is 25.2 Å². The molecule has 0 radical (unpaired) electrons. The van der Waals surface area contributed by atoms with Gasteiger partial charge in [-0.05, 0) is 13.8 Å². The lowest BCUT2D eigenvalue weighted by molar-refractivity contribution is -0.133. The molecule has 1 aromatic rings. The molecule has 0 spiro atoms. The highest BCUT2D eigenvalue weighted by molar-refractivity contribution is 5.82. The Morgan fingerprint density at radius 3 is 3.06 bits per heavy atom. The summed E-state index contributed by atoms with van der Waals surface area (Å²) < 4.78 is 0. The maximum Gasteiger partial charge on any atom is 0.240 e. The minimum Gasteiger partial charge on any atom is -0.347 e. The zero-order valence-electron chi connectivity index (χ0n) is 9.95. The number of aromatic nitrogens is 2. The van der Waals surface area contributed by atoms with Crippen molar-refractivity contribution in [1.82, 2.24) is 20.2 Å². The quantitative estimate of drug-likeness (QED) is 0.756. The van der Waals surface area contributed by atoms with Crippen molar-refractivity contribution in [2.75, 3.05) is 7.05 Å². The topological polar surface area (TPSA) is 61.0 Å². The number of nitrogens with one attached hydrogen (secondary N) is 2. The van der Waals surface area contributed by atoms with Crippen molar-refractivity contribution in [1.29, 1.82) is 0 Å². The summed E-state index contributed by atoms with van der Waals surface area (Å²) in [6.45, 7) is 4.72. The van der Waals surface area contributed by atoms with Gasteiger partial charge in [0.15, 0.2) is 0 Å². The highest BCUT2D eigenvalue weighted by atomic mass is 16.2. The van der Waals surface area contributed by atoms with Gasteiger partial charge in [0, 0.05) is 26.1 Å². The van der Waals surface area contributed by atoms with Gasteiger partial charge in [-0.25, -0.2) is 4.98 Å². The number of rotatable bonds is 2. The molecule has 1 aliphatic rings. The van der Waals surface area contributed by atoms with Crippen molar-refractivity contribution < 1.29 is 4.79 Å². The fraction of sp³-hybridized carbons (Fsp3) is 0.636. The largest absolute Gasteiger partial charge is 0.347 e. The predicted molar refractivity (Wildman–Crippen MR) is 60.8 cm³/mol. The first kappa shape index (κ1) is 11.1. The van der Waals surface area contributed by atoms with Crippen LogP contribution in [0.15, 0.2) is 6.33 Å². The molecule has 88 valence electrons. The van der Waals surface area contributed by atoms with Gasteiger partial charge < -0.3 is 9.88 Å². The van der Waals surface area contributed by atoms with Gasteiger partial charge in [-0.15, -0.1) is 0 Å². The molecule has 1 amide bonds. The summed E-state index contributed by atoms with van der Waals surface area (Å²) in [6, 6.07) is 0.0954. The van der Waals surface area contributed by atoms with E-state index in [1.54, 1.807) is 11.2 Å². The van der Waals surface area contributed by atoms with Crippen LogP contribution in [0.3, 0.4) is 0 Å². The van der Waals surface area contributed by atoms with Crippen molar-refractivity contribution in [2.45, 2.75) is 38.9 Å². The maximum absolute atomic E-state index is 12.1. The summed E-state index contributed by atoms with van der Waals surface area (Å²) in [4.78, 5) is 21.2. The molecule has 5 nitrogen and oxygen atoms in total. The molecule has 0 saturated heterocycles. The van der Waals surface area contributed by atoms with Crippen LogP contribution < -0.4 is 5.32 Å². The molecular formula is C11H18N4O.